The molecule has 3 aromatic rings. The molecule has 0 aromatic heterocycles. The van der Waals surface area contributed by atoms with Gasteiger partial charge < -0.3 is 25.6 Å². The number of hydrogen-bond donors (Lipinski definition) is 4. The second-order valence-corrected chi connectivity index (χ2v) is 8.11. The van der Waals surface area contributed by atoms with Crippen LogP contribution in [0.2, 0.25) is 0 Å². The summed E-state index contributed by atoms with van der Waals surface area (Å²) in [7, 11) is 0. The van der Waals surface area contributed by atoms with Crippen molar-refractivity contribution in [2.75, 3.05) is 18.5 Å². The Morgan fingerprint density at radius 2 is 1.60 bits per heavy atom. The van der Waals surface area contributed by atoms with Crippen LogP contribution in [0.25, 0.3) is 11.1 Å². The summed E-state index contributed by atoms with van der Waals surface area (Å²) < 4.78 is 18.7. The van der Waals surface area contributed by atoms with Gasteiger partial charge in [0.25, 0.3) is 0 Å². The lowest BCUT2D eigenvalue weighted by Crippen LogP contribution is -2.35. The molecule has 35 heavy (non-hydrogen) atoms. The van der Waals surface area contributed by atoms with Crippen molar-refractivity contribution in [3.05, 3.63) is 89.2 Å². The number of benzene rings is 3. The van der Waals surface area contributed by atoms with E-state index in [2.05, 4.69) is 10.6 Å². The summed E-state index contributed by atoms with van der Waals surface area (Å²) in [6.45, 7) is -0.141. The average Bonchev–Trinajstić information content (AvgIpc) is 3.16. The molecule has 0 aliphatic heterocycles. The Morgan fingerprint density at radius 1 is 0.971 bits per heavy atom. The van der Waals surface area contributed by atoms with Crippen LogP contribution < -0.4 is 10.6 Å². The number of aliphatic hydroxyl groups excluding tert-OH is 1. The fourth-order valence-electron chi connectivity index (χ4n) is 4.14. The number of nitrogens with one attached hydrogen (secondary N) is 2. The van der Waals surface area contributed by atoms with Crippen molar-refractivity contribution in [2.45, 2.75) is 18.4 Å². The predicted molar refractivity (Wildman–Crippen MR) is 126 cm³/mol. The molecule has 0 fully saturated rings. The second kappa shape index (κ2) is 10.4. The fourth-order valence-corrected chi connectivity index (χ4v) is 4.14. The maximum Gasteiger partial charge on any atom is 0.407 e. The highest BCUT2D eigenvalue weighted by Gasteiger charge is 2.29. The molecule has 1 atom stereocenters. The van der Waals surface area contributed by atoms with Gasteiger partial charge in [0.15, 0.2) is 0 Å². The van der Waals surface area contributed by atoms with Gasteiger partial charge in [0.2, 0.25) is 5.91 Å². The van der Waals surface area contributed by atoms with Gasteiger partial charge in [0.05, 0.1) is 23.8 Å². The molecular formula is C26H23FN2O6. The van der Waals surface area contributed by atoms with Gasteiger partial charge in [-0.1, -0.05) is 48.5 Å². The third-order valence-electron chi connectivity index (χ3n) is 5.73. The maximum absolute atomic E-state index is 13.3. The van der Waals surface area contributed by atoms with E-state index in [-0.39, 0.29) is 24.8 Å². The van der Waals surface area contributed by atoms with Gasteiger partial charge in [-0.2, -0.15) is 0 Å². The fraction of sp³-hybridized carbons (Fsp3) is 0.192. The highest BCUT2D eigenvalue weighted by Crippen LogP contribution is 2.44. The van der Waals surface area contributed by atoms with E-state index in [1.165, 1.54) is 0 Å². The first kappa shape index (κ1) is 23.9. The SMILES string of the molecule is O=C(CC(O)CNC(=O)OCC1c2ccccc2-c2ccccc21)Nc1ccc(F)cc1C(=O)O. The number of fused-ring (bicyclic) bond motifs is 3. The number of carboxylic acids is 1. The number of halogens is 1. The molecule has 3 aromatic carbocycles. The quantitative estimate of drug-likeness (QED) is 0.391. The number of alkyl carbamates (subject to hydrolysis) is 1. The van der Waals surface area contributed by atoms with E-state index in [1.807, 2.05) is 48.5 Å². The topological polar surface area (TPSA) is 125 Å². The molecule has 0 spiro atoms. The number of hydrogen-bond acceptors (Lipinski definition) is 5. The van der Waals surface area contributed by atoms with Crippen LogP contribution in [0.15, 0.2) is 66.7 Å². The van der Waals surface area contributed by atoms with Crippen LogP contribution in [0, 0.1) is 5.82 Å². The van der Waals surface area contributed by atoms with Gasteiger partial charge in [-0.25, -0.2) is 14.0 Å². The van der Waals surface area contributed by atoms with Crippen LogP contribution >= 0.6 is 0 Å². The Balaban J connectivity index is 1.27. The molecule has 0 radical (unpaired) electrons. The number of ether oxygens (including phenoxy) is 1. The third kappa shape index (κ3) is 5.47. The summed E-state index contributed by atoms with van der Waals surface area (Å²) in [5, 5.41) is 24.0. The summed E-state index contributed by atoms with van der Waals surface area (Å²) in [4.78, 5) is 35.6. The van der Waals surface area contributed by atoms with Crippen molar-refractivity contribution in [3.63, 3.8) is 0 Å². The van der Waals surface area contributed by atoms with Crippen LogP contribution in [0.3, 0.4) is 0 Å². The number of aromatic carboxylic acids is 1. The number of aliphatic hydroxyl groups is 1. The number of amides is 2. The first-order chi connectivity index (χ1) is 16.8. The molecule has 1 unspecified atom stereocenters. The van der Waals surface area contributed by atoms with Crippen molar-refractivity contribution >= 4 is 23.7 Å². The normalized spacial score (nSPS) is 12.9. The highest BCUT2D eigenvalue weighted by atomic mass is 19.1. The van der Waals surface area contributed by atoms with E-state index in [1.54, 1.807) is 0 Å². The minimum absolute atomic E-state index is 0.0967. The lowest BCUT2D eigenvalue weighted by Gasteiger charge is -2.16. The Morgan fingerprint density at radius 3 is 2.23 bits per heavy atom. The monoisotopic (exact) mass is 478 g/mol. The molecule has 0 heterocycles. The predicted octanol–water partition coefficient (Wildman–Crippen LogP) is 3.75. The summed E-state index contributed by atoms with van der Waals surface area (Å²) >= 11 is 0. The molecular weight excluding hydrogens is 455 g/mol. The summed E-state index contributed by atoms with van der Waals surface area (Å²) in [5.41, 5.74) is 3.83. The number of rotatable bonds is 8. The van der Waals surface area contributed by atoms with Crippen LogP contribution in [0.1, 0.15) is 33.8 Å². The first-order valence-electron chi connectivity index (χ1n) is 10.9. The maximum atomic E-state index is 13.3. The molecule has 1 aliphatic rings. The zero-order valence-electron chi connectivity index (χ0n) is 18.5. The van der Waals surface area contributed by atoms with E-state index in [0.717, 1.165) is 40.5 Å². The Kier molecular flexibility index (Phi) is 7.07. The highest BCUT2D eigenvalue weighted by molar-refractivity contribution is 6.00. The summed E-state index contributed by atoms with van der Waals surface area (Å²) in [5.74, 6) is -2.96. The molecule has 0 saturated heterocycles. The van der Waals surface area contributed by atoms with Gasteiger partial charge in [-0.3, -0.25) is 4.79 Å². The van der Waals surface area contributed by atoms with E-state index in [9.17, 15) is 23.9 Å². The second-order valence-electron chi connectivity index (χ2n) is 8.11. The largest absolute Gasteiger partial charge is 0.478 e. The number of anilines is 1. The van der Waals surface area contributed by atoms with Gasteiger partial charge in [0, 0.05) is 12.5 Å². The van der Waals surface area contributed by atoms with Crippen molar-refractivity contribution in [1.82, 2.24) is 5.32 Å². The summed E-state index contributed by atoms with van der Waals surface area (Å²) in [6, 6.07) is 18.8. The zero-order valence-corrected chi connectivity index (χ0v) is 18.5. The number of carbonyl (C=O) groups is 3. The van der Waals surface area contributed by atoms with Gasteiger partial charge in [-0.15, -0.1) is 0 Å². The van der Waals surface area contributed by atoms with E-state index in [0.29, 0.717) is 0 Å². The number of carbonyl (C=O) groups excluding carboxylic acids is 2. The average molecular weight is 478 g/mol. The van der Waals surface area contributed by atoms with Crippen molar-refractivity contribution in [2.24, 2.45) is 0 Å². The first-order valence-corrected chi connectivity index (χ1v) is 10.9. The smallest absolute Gasteiger partial charge is 0.407 e. The molecule has 1 aliphatic carbocycles. The molecule has 9 heteroatoms. The molecule has 180 valence electrons. The van der Waals surface area contributed by atoms with Crippen LogP contribution in [-0.2, 0) is 9.53 Å². The van der Waals surface area contributed by atoms with Gasteiger partial charge in [0.1, 0.15) is 12.4 Å². The molecule has 4 N–H and O–H groups in total. The molecule has 0 saturated carbocycles. The minimum Gasteiger partial charge on any atom is -0.478 e. The van der Waals surface area contributed by atoms with Crippen molar-refractivity contribution < 1.29 is 33.7 Å². The Labute approximate surface area is 200 Å². The lowest BCUT2D eigenvalue weighted by molar-refractivity contribution is -0.118. The van der Waals surface area contributed by atoms with Crippen LogP contribution in [0.5, 0.6) is 0 Å². The van der Waals surface area contributed by atoms with Gasteiger partial charge in [-0.05, 0) is 40.5 Å². The van der Waals surface area contributed by atoms with Crippen LogP contribution in [0.4, 0.5) is 14.9 Å². The van der Waals surface area contributed by atoms with E-state index in [4.69, 9.17) is 9.84 Å². The Hall–Kier alpha value is -4.24. The minimum atomic E-state index is -1.41. The van der Waals surface area contributed by atoms with E-state index >= 15 is 0 Å². The van der Waals surface area contributed by atoms with Crippen molar-refractivity contribution in [1.29, 1.82) is 0 Å². The molecule has 0 bridgehead atoms. The van der Waals surface area contributed by atoms with Crippen molar-refractivity contribution in [3.8, 4) is 11.1 Å². The summed E-state index contributed by atoms with van der Waals surface area (Å²) in [6.07, 6.45) is -2.40. The molecule has 4 rings (SSSR count). The Bertz CT molecular complexity index is 1230. The van der Waals surface area contributed by atoms with Gasteiger partial charge >= 0.3 is 12.1 Å². The molecule has 2 amide bonds. The molecule has 8 nitrogen and oxygen atoms in total. The zero-order chi connectivity index (χ0) is 24.9. The third-order valence-corrected chi connectivity index (χ3v) is 5.73. The van der Waals surface area contributed by atoms with Crippen LogP contribution in [-0.4, -0.2) is 47.4 Å². The number of carboxylic acid groups (broad SMARTS) is 1. The van der Waals surface area contributed by atoms with E-state index < -0.39 is 41.9 Å². The lowest BCUT2D eigenvalue weighted by atomic mass is 9.98. The standard InChI is InChI=1S/C26H23FN2O6/c27-15-9-10-23(21(11-15)25(32)33)29-24(31)12-16(30)13-28-26(34)35-14-22-19-7-3-1-5-17(19)18-6-2-4-8-20(18)22/h1-11,16,22,30H,12-14H2,(H,28,34)(H,29,31)(H,32,33).